The van der Waals surface area contributed by atoms with Gasteiger partial charge in [-0.05, 0) is 37.1 Å². The van der Waals surface area contributed by atoms with E-state index in [0.717, 1.165) is 22.3 Å². The SMILES string of the molecule is Cc1ccc(C)c(-c2ccc(=O)n(CC(=O)N(C)Cc3ccccc3)n2)c1. The molecule has 0 spiro atoms. The fraction of sp³-hybridized carbons (Fsp3) is 0.227. The molecular formula is C22H23N3O2. The van der Waals surface area contributed by atoms with Crippen molar-refractivity contribution in [2.45, 2.75) is 26.9 Å². The summed E-state index contributed by atoms with van der Waals surface area (Å²) in [7, 11) is 1.73. The van der Waals surface area contributed by atoms with E-state index in [4.69, 9.17) is 0 Å². The lowest BCUT2D eigenvalue weighted by molar-refractivity contribution is -0.131. The molecule has 0 N–H and O–H groups in total. The predicted octanol–water partition coefficient (Wildman–Crippen LogP) is 3.19. The Morgan fingerprint density at radius 2 is 1.78 bits per heavy atom. The molecule has 0 bridgehead atoms. The van der Waals surface area contributed by atoms with Crippen molar-refractivity contribution < 1.29 is 4.79 Å². The highest BCUT2D eigenvalue weighted by atomic mass is 16.2. The van der Waals surface area contributed by atoms with Crippen molar-refractivity contribution in [1.29, 1.82) is 0 Å². The van der Waals surface area contributed by atoms with Crippen LogP contribution in [0.3, 0.4) is 0 Å². The highest BCUT2D eigenvalue weighted by Crippen LogP contribution is 2.21. The van der Waals surface area contributed by atoms with Crippen LogP contribution >= 0.6 is 0 Å². The standard InChI is InChI=1S/C22H23N3O2/c1-16-9-10-17(2)19(13-16)20-11-12-21(26)25(23-20)15-22(27)24(3)14-18-7-5-4-6-8-18/h4-13H,14-15H2,1-3H3. The lowest BCUT2D eigenvalue weighted by Gasteiger charge is -2.18. The molecule has 1 amide bonds. The maximum atomic E-state index is 12.6. The van der Waals surface area contributed by atoms with Gasteiger partial charge >= 0.3 is 0 Å². The van der Waals surface area contributed by atoms with Crippen LogP contribution in [0.25, 0.3) is 11.3 Å². The summed E-state index contributed by atoms with van der Waals surface area (Å²) in [6.07, 6.45) is 0. The second-order valence-corrected chi connectivity index (χ2v) is 6.77. The molecule has 2 aromatic carbocycles. The van der Waals surface area contributed by atoms with Gasteiger partial charge in [0.1, 0.15) is 6.54 Å². The van der Waals surface area contributed by atoms with Crippen molar-refractivity contribution in [1.82, 2.24) is 14.7 Å². The van der Waals surface area contributed by atoms with Crippen LogP contribution in [0.15, 0.2) is 65.5 Å². The second kappa shape index (κ2) is 7.99. The van der Waals surface area contributed by atoms with Crippen molar-refractivity contribution in [3.8, 4) is 11.3 Å². The summed E-state index contributed by atoms with van der Waals surface area (Å²) >= 11 is 0. The van der Waals surface area contributed by atoms with Gasteiger partial charge in [0.2, 0.25) is 5.91 Å². The normalized spacial score (nSPS) is 10.6. The minimum absolute atomic E-state index is 0.0825. The Labute approximate surface area is 158 Å². The van der Waals surface area contributed by atoms with Gasteiger partial charge in [-0.3, -0.25) is 9.59 Å². The Kier molecular flexibility index (Phi) is 5.50. The van der Waals surface area contributed by atoms with Gasteiger partial charge in [0.25, 0.3) is 5.56 Å². The lowest BCUT2D eigenvalue weighted by Crippen LogP contribution is -2.34. The number of carbonyl (C=O) groups is 1. The number of hydrogen-bond donors (Lipinski definition) is 0. The molecule has 1 heterocycles. The number of benzene rings is 2. The number of likely N-dealkylation sites (N-methyl/N-ethyl adjacent to an activating group) is 1. The third-order valence-corrected chi connectivity index (χ3v) is 4.51. The summed E-state index contributed by atoms with van der Waals surface area (Å²) in [4.78, 5) is 26.4. The maximum absolute atomic E-state index is 12.6. The van der Waals surface area contributed by atoms with Gasteiger partial charge in [-0.1, -0.05) is 48.0 Å². The van der Waals surface area contributed by atoms with Crippen molar-refractivity contribution in [2.24, 2.45) is 0 Å². The highest BCUT2D eigenvalue weighted by Gasteiger charge is 2.13. The molecule has 0 aliphatic carbocycles. The monoisotopic (exact) mass is 361 g/mol. The van der Waals surface area contributed by atoms with Crippen LogP contribution in [0, 0.1) is 13.8 Å². The van der Waals surface area contributed by atoms with Crippen LogP contribution in [0.2, 0.25) is 0 Å². The molecule has 27 heavy (non-hydrogen) atoms. The summed E-state index contributed by atoms with van der Waals surface area (Å²) < 4.78 is 1.24. The Balaban J connectivity index is 1.81. The molecule has 3 aromatic rings. The van der Waals surface area contributed by atoms with E-state index in [9.17, 15) is 9.59 Å². The summed E-state index contributed by atoms with van der Waals surface area (Å²) in [6.45, 7) is 4.43. The van der Waals surface area contributed by atoms with E-state index < -0.39 is 0 Å². The molecule has 0 unspecified atom stereocenters. The van der Waals surface area contributed by atoms with Crippen LogP contribution in [-0.4, -0.2) is 27.6 Å². The molecule has 138 valence electrons. The number of aromatic nitrogens is 2. The van der Waals surface area contributed by atoms with Crippen molar-refractivity contribution in [3.63, 3.8) is 0 Å². The molecule has 0 saturated heterocycles. The zero-order valence-electron chi connectivity index (χ0n) is 15.8. The number of hydrogen-bond acceptors (Lipinski definition) is 3. The summed E-state index contributed by atoms with van der Waals surface area (Å²) in [5, 5.41) is 4.43. The molecule has 0 atom stereocenters. The Morgan fingerprint density at radius 1 is 1.04 bits per heavy atom. The molecule has 0 aliphatic heterocycles. The summed E-state index contributed by atoms with van der Waals surface area (Å²) in [5.41, 5.74) is 4.60. The van der Waals surface area contributed by atoms with Crippen molar-refractivity contribution in [2.75, 3.05) is 7.05 Å². The van der Waals surface area contributed by atoms with E-state index in [1.807, 2.05) is 62.4 Å². The average molecular weight is 361 g/mol. The smallest absolute Gasteiger partial charge is 0.267 e. The Bertz CT molecular complexity index is 1010. The predicted molar refractivity (Wildman–Crippen MR) is 106 cm³/mol. The van der Waals surface area contributed by atoms with E-state index >= 15 is 0 Å². The minimum atomic E-state index is -0.287. The Hall–Kier alpha value is -3.21. The minimum Gasteiger partial charge on any atom is -0.340 e. The first-order chi connectivity index (χ1) is 12.9. The topological polar surface area (TPSA) is 55.2 Å². The van der Waals surface area contributed by atoms with Gasteiger partial charge < -0.3 is 4.90 Å². The van der Waals surface area contributed by atoms with E-state index in [1.165, 1.54) is 10.7 Å². The molecular weight excluding hydrogens is 338 g/mol. The Morgan fingerprint density at radius 3 is 2.52 bits per heavy atom. The number of nitrogens with zero attached hydrogens (tertiary/aromatic N) is 3. The molecule has 0 fully saturated rings. The molecule has 0 aliphatic rings. The quantitative estimate of drug-likeness (QED) is 0.701. The fourth-order valence-electron chi connectivity index (χ4n) is 2.91. The number of carbonyl (C=O) groups excluding carboxylic acids is 1. The van der Waals surface area contributed by atoms with Gasteiger partial charge in [0.15, 0.2) is 0 Å². The number of amides is 1. The molecule has 3 rings (SSSR count). The van der Waals surface area contributed by atoms with Gasteiger partial charge in [0.05, 0.1) is 5.69 Å². The second-order valence-electron chi connectivity index (χ2n) is 6.77. The fourth-order valence-corrected chi connectivity index (χ4v) is 2.91. The van der Waals surface area contributed by atoms with E-state index in [0.29, 0.717) is 12.2 Å². The first-order valence-corrected chi connectivity index (χ1v) is 8.88. The van der Waals surface area contributed by atoms with E-state index in [1.54, 1.807) is 18.0 Å². The largest absolute Gasteiger partial charge is 0.340 e. The average Bonchev–Trinajstić information content (AvgIpc) is 2.66. The van der Waals surface area contributed by atoms with Gasteiger partial charge in [-0.25, -0.2) is 4.68 Å². The molecule has 0 radical (unpaired) electrons. The maximum Gasteiger partial charge on any atom is 0.267 e. The third kappa shape index (κ3) is 4.50. The first-order valence-electron chi connectivity index (χ1n) is 8.88. The third-order valence-electron chi connectivity index (χ3n) is 4.51. The summed E-state index contributed by atoms with van der Waals surface area (Å²) in [6, 6.07) is 19.0. The molecule has 5 nitrogen and oxygen atoms in total. The van der Waals surface area contributed by atoms with Gasteiger partial charge in [-0.15, -0.1) is 0 Å². The number of aryl methyl sites for hydroxylation is 2. The molecule has 5 heteroatoms. The van der Waals surface area contributed by atoms with Crippen LogP contribution < -0.4 is 5.56 Å². The number of rotatable bonds is 5. The van der Waals surface area contributed by atoms with Crippen LogP contribution in [0.1, 0.15) is 16.7 Å². The zero-order chi connectivity index (χ0) is 19.4. The van der Waals surface area contributed by atoms with Crippen molar-refractivity contribution in [3.05, 3.63) is 87.7 Å². The summed E-state index contributed by atoms with van der Waals surface area (Å²) in [5.74, 6) is -0.161. The van der Waals surface area contributed by atoms with Crippen LogP contribution in [-0.2, 0) is 17.9 Å². The lowest BCUT2D eigenvalue weighted by atomic mass is 10.0. The first kappa shape index (κ1) is 18.6. The van der Waals surface area contributed by atoms with E-state index in [-0.39, 0.29) is 18.0 Å². The van der Waals surface area contributed by atoms with E-state index in [2.05, 4.69) is 5.10 Å². The van der Waals surface area contributed by atoms with Crippen molar-refractivity contribution >= 4 is 5.91 Å². The van der Waals surface area contributed by atoms with Gasteiger partial charge in [0, 0.05) is 25.2 Å². The zero-order valence-corrected chi connectivity index (χ0v) is 15.8. The molecule has 0 saturated carbocycles. The molecule has 1 aromatic heterocycles. The highest BCUT2D eigenvalue weighted by molar-refractivity contribution is 5.75. The van der Waals surface area contributed by atoms with Crippen LogP contribution in [0.5, 0.6) is 0 Å². The van der Waals surface area contributed by atoms with Gasteiger partial charge in [-0.2, -0.15) is 5.10 Å². The van der Waals surface area contributed by atoms with Crippen LogP contribution in [0.4, 0.5) is 0 Å².